The van der Waals surface area contributed by atoms with Crippen molar-refractivity contribution < 1.29 is 13.2 Å². The van der Waals surface area contributed by atoms with E-state index in [4.69, 9.17) is 4.98 Å². The molecular weight excluding hydrogens is 504 g/mol. The Morgan fingerprint density at radius 3 is 2.27 bits per heavy atom. The normalized spacial score (nSPS) is 14.2. The number of hydrogen-bond donors (Lipinski definition) is 0. The van der Waals surface area contributed by atoms with E-state index in [1.807, 2.05) is 23.1 Å². The highest BCUT2D eigenvalue weighted by Gasteiger charge is 2.26. The summed E-state index contributed by atoms with van der Waals surface area (Å²) in [5, 5.41) is 0.990. The number of anilines is 2. The molecule has 37 heavy (non-hydrogen) atoms. The number of benzene rings is 3. The van der Waals surface area contributed by atoms with Gasteiger partial charge in [-0.2, -0.15) is 0 Å². The summed E-state index contributed by atoms with van der Waals surface area (Å²) in [6, 6.07) is 19.6. The lowest BCUT2D eigenvalue weighted by Gasteiger charge is -2.34. The van der Waals surface area contributed by atoms with Crippen molar-refractivity contribution in [1.82, 2.24) is 9.88 Å². The van der Waals surface area contributed by atoms with Crippen molar-refractivity contribution in [2.75, 3.05) is 41.9 Å². The first-order valence-corrected chi connectivity index (χ1v) is 14.6. The first-order valence-electron chi connectivity index (χ1n) is 12.4. The van der Waals surface area contributed by atoms with Gasteiger partial charge < -0.3 is 9.80 Å². The molecule has 192 valence electrons. The van der Waals surface area contributed by atoms with Crippen LogP contribution in [0, 0.1) is 13.8 Å². The maximum Gasteiger partial charge on any atom is 0.264 e. The fourth-order valence-corrected chi connectivity index (χ4v) is 7.17. The summed E-state index contributed by atoms with van der Waals surface area (Å²) in [5.74, 6) is -0.0882. The number of rotatable bonds is 6. The molecule has 1 aromatic heterocycles. The lowest BCUT2D eigenvalue weighted by Crippen LogP contribution is -2.48. The van der Waals surface area contributed by atoms with Crippen molar-refractivity contribution in [1.29, 1.82) is 0 Å². The summed E-state index contributed by atoms with van der Waals surface area (Å²) in [7, 11) is -3.73. The SMILES string of the molecule is CCN(c1ccccc1)S(=O)(=O)c1ccc(C(=O)N2CCN(c3nc4c(C)c(C)ccc4s3)CC2)cc1. The number of aromatic nitrogens is 1. The van der Waals surface area contributed by atoms with Gasteiger partial charge in [-0.05, 0) is 74.4 Å². The Hall–Kier alpha value is -3.43. The molecule has 7 nitrogen and oxygen atoms in total. The van der Waals surface area contributed by atoms with E-state index >= 15 is 0 Å². The van der Waals surface area contributed by atoms with Crippen LogP contribution in [-0.4, -0.2) is 56.9 Å². The fraction of sp³-hybridized carbons (Fsp3) is 0.286. The van der Waals surface area contributed by atoms with E-state index < -0.39 is 10.0 Å². The van der Waals surface area contributed by atoms with Gasteiger partial charge in [-0.3, -0.25) is 9.10 Å². The third kappa shape index (κ3) is 4.81. The number of nitrogens with zero attached hydrogens (tertiary/aromatic N) is 4. The molecule has 0 bridgehead atoms. The van der Waals surface area contributed by atoms with Crippen LogP contribution < -0.4 is 9.21 Å². The van der Waals surface area contributed by atoms with Gasteiger partial charge in [-0.1, -0.05) is 35.6 Å². The minimum atomic E-state index is -3.73. The Kier molecular flexibility index (Phi) is 6.92. The topological polar surface area (TPSA) is 73.8 Å². The van der Waals surface area contributed by atoms with E-state index in [2.05, 4.69) is 30.9 Å². The van der Waals surface area contributed by atoms with Crippen LogP contribution >= 0.6 is 11.3 Å². The van der Waals surface area contributed by atoms with Gasteiger partial charge in [0, 0.05) is 38.3 Å². The zero-order valence-corrected chi connectivity index (χ0v) is 22.8. The Morgan fingerprint density at radius 2 is 1.62 bits per heavy atom. The minimum absolute atomic E-state index is 0.0882. The van der Waals surface area contributed by atoms with Gasteiger partial charge in [0.2, 0.25) is 0 Å². The molecule has 1 fully saturated rings. The number of thiazole rings is 1. The monoisotopic (exact) mass is 534 g/mol. The molecule has 1 saturated heterocycles. The average Bonchev–Trinajstić information content (AvgIpc) is 3.37. The highest BCUT2D eigenvalue weighted by atomic mass is 32.2. The number of aryl methyl sites for hydroxylation is 2. The molecule has 5 rings (SSSR count). The number of fused-ring (bicyclic) bond motifs is 1. The van der Waals surface area contributed by atoms with Crippen LogP contribution in [0.5, 0.6) is 0 Å². The van der Waals surface area contributed by atoms with Crippen molar-refractivity contribution >= 4 is 48.3 Å². The largest absolute Gasteiger partial charge is 0.345 e. The van der Waals surface area contributed by atoms with Gasteiger partial charge in [0.05, 0.1) is 20.8 Å². The molecule has 0 saturated carbocycles. The summed E-state index contributed by atoms with van der Waals surface area (Å²) in [4.78, 5) is 22.3. The van der Waals surface area contributed by atoms with Crippen molar-refractivity contribution in [2.45, 2.75) is 25.7 Å². The second-order valence-corrected chi connectivity index (χ2v) is 12.0. The minimum Gasteiger partial charge on any atom is -0.345 e. The third-order valence-corrected chi connectivity index (χ3v) is 9.93. The predicted molar refractivity (Wildman–Crippen MR) is 150 cm³/mol. The van der Waals surface area contributed by atoms with Gasteiger partial charge in [0.15, 0.2) is 5.13 Å². The first-order chi connectivity index (χ1) is 17.8. The molecule has 1 amide bonds. The van der Waals surface area contributed by atoms with Gasteiger partial charge >= 0.3 is 0 Å². The molecule has 4 aromatic rings. The summed E-state index contributed by atoms with van der Waals surface area (Å²) in [6.07, 6.45) is 0. The van der Waals surface area contributed by atoms with Crippen molar-refractivity contribution in [2.24, 2.45) is 0 Å². The standard InChI is InChI=1S/C28H30N4O3S2/c1-4-32(23-8-6-5-7-9-23)37(34,35)24-13-11-22(12-14-24)27(33)30-16-18-31(19-17-30)28-29-26-21(3)20(2)10-15-25(26)36-28/h5-15H,4,16-19H2,1-3H3. The lowest BCUT2D eigenvalue weighted by molar-refractivity contribution is 0.0746. The zero-order valence-electron chi connectivity index (χ0n) is 21.2. The number of carbonyl (C=O) groups excluding carboxylic acids is 1. The molecule has 2 heterocycles. The van der Waals surface area contributed by atoms with Gasteiger partial charge in [-0.15, -0.1) is 0 Å². The van der Waals surface area contributed by atoms with Crippen molar-refractivity contribution in [3.63, 3.8) is 0 Å². The molecule has 1 aliphatic rings. The van der Waals surface area contributed by atoms with Crippen LogP contribution in [0.25, 0.3) is 10.2 Å². The van der Waals surface area contributed by atoms with E-state index in [0.29, 0.717) is 44.0 Å². The maximum atomic E-state index is 13.2. The molecule has 3 aromatic carbocycles. The van der Waals surface area contributed by atoms with Crippen LogP contribution in [0.3, 0.4) is 0 Å². The molecular formula is C28H30N4O3S2. The third-order valence-electron chi connectivity index (χ3n) is 6.93. The van der Waals surface area contributed by atoms with Crippen LogP contribution in [0.4, 0.5) is 10.8 Å². The van der Waals surface area contributed by atoms with Crippen molar-refractivity contribution in [3.05, 3.63) is 83.4 Å². The van der Waals surface area contributed by atoms with Crippen LogP contribution in [0.15, 0.2) is 71.6 Å². The fourth-order valence-electron chi connectivity index (χ4n) is 4.62. The smallest absolute Gasteiger partial charge is 0.264 e. The second kappa shape index (κ2) is 10.1. The maximum absolute atomic E-state index is 13.2. The molecule has 0 N–H and O–H groups in total. The molecule has 0 unspecified atom stereocenters. The quantitative estimate of drug-likeness (QED) is 0.345. The van der Waals surface area contributed by atoms with Gasteiger partial charge in [-0.25, -0.2) is 13.4 Å². The van der Waals surface area contributed by atoms with E-state index in [1.54, 1.807) is 42.5 Å². The highest BCUT2D eigenvalue weighted by molar-refractivity contribution is 7.92. The number of sulfonamides is 1. The Morgan fingerprint density at radius 1 is 0.946 bits per heavy atom. The van der Waals surface area contributed by atoms with E-state index in [1.165, 1.54) is 32.3 Å². The van der Waals surface area contributed by atoms with E-state index in [-0.39, 0.29) is 10.8 Å². The van der Waals surface area contributed by atoms with E-state index in [9.17, 15) is 13.2 Å². The summed E-state index contributed by atoms with van der Waals surface area (Å²) >= 11 is 1.69. The van der Waals surface area contributed by atoms with Gasteiger partial charge in [0.1, 0.15) is 0 Å². The summed E-state index contributed by atoms with van der Waals surface area (Å²) < 4.78 is 29.0. The Labute approximate surface area is 222 Å². The lowest BCUT2D eigenvalue weighted by atomic mass is 10.1. The van der Waals surface area contributed by atoms with Crippen LogP contribution in [-0.2, 0) is 10.0 Å². The number of piperazine rings is 1. The molecule has 9 heteroatoms. The second-order valence-electron chi connectivity index (χ2n) is 9.16. The number of para-hydroxylation sites is 1. The molecule has 0 radical (unpaired) electrons. The predicted octanol–water partition coefficient (Wildman–Crippen LogP) is 5.09. The van der Waals surface area contributed by atoms with E-state index in [0.717, 1.165) is 10.6 Å². The summed E-state index contributed by atoms with van der Waals surface area (Å²) in [6.45, 7) is 8.91. The Bertz CT molecular complexity index is 1530. The average molecular weight is 535 g/mol. The number of carbonyl (C=O) groups is 1. The first kappa shape index (κ1) is 25.2. The number of hydrogen-bond acceptors (Lipinski definition) is 6. The molecule has 1 aliphatic heterocycles. The van der Waals surface area contributed by atoms with Crippen LogP contribution in [0.1, 0.15) is 28.4 Å². The number of amides is 1. The van der Waals surface area contributed by atoms with Crippen LogP contribution in [0.2, 0.25) is 0 Å². The molecule has 0 spiro atoms. The molecule has 0 aliphatic carbocycles. The molecule has 0 atom stereocenters. The van der Waals surface area contributed by atoms with Crippen molar-refractivity contribution in [3.8, 4) is 0 Å². The zero-order chi connectivity index (χ0) is 26.2. The summed E-state index contributed by atoms with van der Waals surface area (Å²) in [5.41, 5.74) is 4.61. The highest BCUT2D eigenvalue weighted by Crippen LogP contribution is 2.32. The van der Waals surface area contributed by atoms with Gasteiger partial charge in [0.25, 0.3) is 15.9 Å². The Balaban J connectivity index is 1.26.